The zero-order chi connectivity index (χ0) is 15.6. The molecule has 2 rings (SSSR count). The lowest BCUT2D eigenvalue weighted by Crippen LogP contribution is -2.59. The Labute approximate surface area is 121 Å². The predicted octanol–water partition coefficient (Wildman–Crippen LogP) is -0.170. The van der Waals surface area contributed by atoms with Crippen LogP contribution in [0, 0.1) is 0 Å². The fraction of sp³-hybridized carbons (Fsp3) is 0.692. The second-order valence-corrected chi connectivity index (χ2v) is 5.59. The van der Waals surface area contributed by atoms with Crippen molar-refractivity contribution >= 4 is 23.8 Å². The van der Waals surface area contributed by atoms with E-state index in [0.717, 1.165) is 24.2 Å². The summed E-state index contributed by atoms with van der Waals surface area (Å²) in [4.78, 5) is 47.5. The molecule has 1 unspecified atom stereocenters. The first-order valence-corrected chi connectivity index (χ1v) is 6.98. The number of carbonyl (C=O) groups excluding carboxylic acids is 3. The first-order valence-electron chi connectivity index (χ1n) is 6.98. The highest BCUT2D eigenvalue weighted by Gasteiger charge is 2.43. The Morgan fingerprint density at radius 2 is 1.86 bits per heavy atom. The molecule has 1 aliphatic carbocycles. The fourth-order valence-corrected chi connectivity index (χ4v) is 2.83. The number of hydrogen-bond donors (Lipinski definition) is 3. The van der Waals surface area contributed by atoms with E-state index in [1.54, 1.807) is 0 Å². The number of carboxylic acids is 1. The van der Waals surface area contributed by atoms with Crippen LogP contribution in [0.15, 0.2) is 0 Å². The molecule has 21 heavy (non-hydrogen) atoms. The van der Waals surface area contributed by atoms with Crippen molar-refractivity contribution in [3.05, 3.63) is 0 Å². The average molecular weight is 297 g/mol. The Kier molecular flexibility index (Phi) is 4.15. The van der Waals surface area contributed by atoms with E-state index >= 15 is 0 Å². The minimum absolute atomic E-state index is 0.0944. The molecule has 1 heterocycles. The third-order valence-corrected chi connectivity index (χ3v) is 4.16. The second-order valence-electron chi connectivity index (χ2n) is 5.59. The topological polar surface area (TPSA) is 116 Å². The number of carbonyl (C=O) groups is 4. The van der Waals surface area contributed by atoms with Gasteiger partial charge in [-0.3, -0.25) is 14.5 Å². The summed E-state index contributed by atoms with van der Waals surface area (Å²) in [7, 11) is 1.35. The van der Waals surface area contributed by atoms with Gasteiger partial charge in [-0.15, -0.1) is 0 Å². The predicted molar refractivity (Wildman–Crippen MR) is 71.3 cm³/mol. The summed E-state index contributed by atoms with van der Waals surface area (Å²) in [6.07, 6.45) is 3.05. The van der Waals surface area contributed by atoms with Crippen molar-refractivity contribution in [2.45, 2.75) is 50.1 Å². The van der Waals surface area contributed by atoms with Crippen molar-refractivity contribution in [1.29, 1.82) is 0 Å². The number of rotatable bonds is 3. The number of nitrogens with zero attached hydrogens (tertiary/aromatic N) is 1. The van der Waals surface area contributed by atoms with E-state index in [0.29, 0.717) is 12.8 Å². The van der Waals surface area contributed by atoms with E-state index in [-0.39, 0.29) is 12.3 Å². The van der Waals surface area contributed by atoms with Crippen LogP contribution in [-0.4, -0.2) is 52.4 Å². The van der Waals surface area contributed by atoms with Gasteiger partial charge in [0.1, 0.15) is 11.6 Å². The number of urea groups is 1. The van der Waals surface area contributed by atoms with Gasteiger partial charge in [-0.2, -0.15) is 0 Å². The minimum Gasteiger partial charge on any atom is -0.480 e. The smallest absolute Gasteiger partial charge is 0.329 e. The third kappa shape index (κ3) is 2.98. The van der Waals surface area contributed by atoms with E-state index in [2.05, 4.69) is 10.6 Å². The Bertz CT molecular complexity index is 484. The van der Waals surface area contributed by atoms with Crippen molar-refractivity contribution < 1.29 is 24.3 Å². The number of likely N-dealkylation sites (tertiary alicyclic amines) is 1. The summed E-state index contributed by atoms with van der Waals surface area (Å²) in [5.74, 6) is -1.91. The Hall–Kier alpha value is -2.12. The largest absolute Gasteiger partial charge is 0.480 e. The van der Waals surface area contributed by atoms with Gasteiger partial charge in [0.25, 0.3) is 5.91 Å². The van der Waals surface area contributed by atoms with E-state index in [4.69, 9.17) is 0 Å². The molecule has 8 heteroatoms. The number of hydrogen-bond acceptors (Lipinski definition) is 4. The van der Waals surface area contributed by atoms with Crippen LogP contribution in [0.3, 0.4) is 0 Å². The molecule has 0 aromatic rings. The maximum absolute atomic E-state index is 12.0. The van der Waals surface area contributed by atoms with Crippen LogP contribution >= 0.6 is 0 Å². The van der Waals surface area contributed by atoms with Crippen LogP contribution in [-0.2, 0) is 14.4 Å². The first-order chi connectivity index (χ1) is 9.85. The fourth-order valence-electron chi connectivity index (χ4n) is 2.83. The number of likely N-dealkylation sites (N-methyl/N-ethyl adjacent to an activating group) is 1. The summed E-state index contributed by atoms with van der Waals surface area (Å²) < 4.78 is 0. The van der Waals surface area contributed by atoms with Crippen LogP contribution in [0.1, 0.15) is 38.5 Å². The highest BCUT2D eigenvalue weighted by Crippen LogP contribution is 2.28. The van der Waals surface area contributed by atoms with Crippen molar-refractivity contribution in [1.82, 2.24) is 15.5 Å². The molecule has 8 nitrogen and oxygen atoms in total. The number of aliphatic carboxylic acids is 1. The van der Waals surface area contributed by atoms with E-state index in [9.17, 15) is 24.3 Å². The Morgan fingerprint density at radius 1 is 1.24 bits per heavy atom. The highest BCUT2D eigenvalue weighted by atomic mass is 16.4. The molecule has 116 valence electrons. The second kappa shape index (κ2) is 5.71. The Morgan fingerprint density at radius 3 is 2.33 bits per heavy atom. The van der Waals surface area contributed by atoms with Crippen LogP contribution in [0.4, 0.5) is 4.79 Å². The quantitative estimate of drug-likeness (QED) is 0.625. The van der Waals surface area contributed by atoms with Gasteiger partial charge in [-0.05, 0) is 12.8 Å². The molecule has 2 fully saturated rings. The van der Waals surface area contributed by atoms with Crippen molar-refractivity contribution in [2.75, 3.05) is 7.05 Å². The lowest BCUT2D eigenvalue weighted by molar-refractivity contribution is -0.145. The number of imide groups is 1. The summed E-state index contributed by atoms with van der Waals surface area (Å²) in [6, 6.07) is -1.64. The van der Waals surface area contributed by atoms with Crippen molar-refractivity contribution in [3.8, 4) is 0 Å². The van der Waals surface area contributed by atoms with Crippen LogP contribution in [0.5, 0.6) is 0 Å². The third-order valence-electron chi connectivity index (χ3n) is 4.16. The van der Waals surface area contributed by atoms with Crippen LogP contribution in [0.2, 0.25) is 0 Å². The summed E-state index contributed by atoms with van der Waals surface area (Å²) in [5.41, 5.74) is -1.28. The average Bonchev–Trinajstić information content (AvgIpc) is 2.67. The van der Waals surface area contributed by atoms with Gasteiger partial charge in [0, 0.05) is 7.05 Å². The van der Waals surface area contributed by atoms with Gasteiger partial charge < -0.3 is 15.7 Å². The normalized spacial score (nSPS) is 24.8. The number of amides is 4. The molecule has 1 saturated carbocycles. The molecule has 0 aromatic carbocycles. The summed E-state index contributed by atoms with van der Waals surface area (Å²) >= 11 is 0. The van der Waals surface area contributed by atoms with E-state index in [1.807, 2.05) is 0 Å². The molecule has 0 radical (unpaired) electrons. The molecule has 0 aromatic heterocycles. The molecule has 0 spiro atoms. The van der Waals surface area contributed by atoms with Crippen LogP contribution < -0.4 is 10.6 Å². The number of carboxylic acid groups (broad SMARTS) is 1. The molecular weight excluding hydrogens is 278 g/mol. The minimum atomic E-state index is -1.28. The summed E-state index contributed by atoms with van der Waals surface area (Å²) in [5, 5.41) is 14.2. The van der Waals surface area contributed by atoms with Gasteiger partial charge >= 0.3 is 12.0 Å². The van der Waals surface area contributed by atoms with Gasteiger partial charge in [-0.25, -0.2) is 9.59 Å². The lowest BCUT2D eigenvalue weighted by Gasteiger charge is -2.34. The molecule has 1 atom stereocenters. The molecule has 0 bridgehead atoms. The molecule has 3 N–H and O–H groups in total. The molecular formula is C13H19N3O5. The van der Waals surface area contributed by atoms with Crippen molar-refractivity contribution in [3.63, 3.8) is 0 Å². The van der Waals surface area contributed by atoms with Gasteiger partial charge in [0.05, 0.1) is 6.42 Å². The molecule has 4 amide bonds. The number of nitrogens with one attached hydrogen (secondary N) is 2. The maximum Gasteiger partial charge on any atom is 0.329 e. The summed E-state index contributed by atoms with van der Waals surface area (Å²) in [6.45, 7) is 0. The van der Waals surface area contributed by atoms with Gasteiger partial charge in [0.15, 0.2) is 0 Å². The zero-order valence-electron chi connectivity index (χ0n) is 11.8. The highest BCUT2D eigenvalue weighted by molar-refractivity contribution is 6.06. The SMILES string of the molecule is CN1C(=O)CC(NC(=O)NC2(C(=O)O)CCCCC2)C1=O. The monoisotopic (exact) mass is 297 g/mol. The zero-order valence-corrected chi connectivity index (χ0v) is 11.8. The molecule has 1 aliphatic heterocycles. The maximum atomic E-state index is 12.0. The first kappa shape index (κ1) is 15.3. The Balaban J connectivity index is 1.99. The standard InChI is InChI=1S/C13H19N3O5/c1-16-9(17)7-8(10(16)18)14-12(21)15-13(11(19)20)5-3-2-4-6-13/h8H,2-7H2,1H3,(H,19,20)(H2,14,15,21). The lowest BCUT2D eigenvalue weighted by atomic mass is 9.82. The van der Waals surface area contributed by atoms with Gasteiger partial charge in [-0.1, -0.05) is 19.3 Å². The van der Waals surface area contributed by atoms with Gasteiger partial charge in [0.2, 0.25) is 5.91 Å². The van der Waals surface area contributed by atoms with E-state index in [1.165, 1.54) is 7.05 Å². The van der Waals surface area contributed by atoms with E-state index < -0.39 is 29.5 Å². The van der Waals surface area contributed by atoms with Crippen molar-refractivity contribution in [2.24, 2.45) is 0 Å². The molecule has 1 saturated heterocycles. The van der Waals surface area contributed by atoms with Crippen LogP contribution in [0.25, 0.3) is 0 Å². The molecule has 2 aliphatic rings.